The fraction of sp³-hybridized carbons (Fsp3) is 0.417. The molecule has 5 heteroatoms. The van der Waals surface area contributed by atoms with Gasteiger partial charge in [-0.05, 0) is 26.0 Å². The van der Waals surface area contributed by atoms with Crippen LogP contribution in [-0.2, 0) is 4.79 Å². The summed E-state index contributed by atoms with van der Waals surface area (Å²) >= 11 is 12.0. The zero-order chi connectivity index (χ0) is 12.6. The molecule has 0 aromatic heterocycles. The van der Waals surface area contributed by atoms with Gasteiger partial charge in [0.1, 0.15) is 0 Å². The van der Waals surface area contributed by atoms with Crippen LogP contribution in [0.15, 0.2) is 12.1 Å². The maximum absolute atomic E-state index is 11.7. The molecule has 1 aliphatic rings. The van der Waals surface area contributed by atoms with Crippen LogP contribution >= 0.6 is 23.2 Å². The Morgan fingerprint density at radius 2 is 2.06 bits per heavy atom. The molecule has 1 atom stereocenters. The highest BCUT2D eigenvalue weighted by atomic mass is 35.5. The molecule has 1 aromatic carbocycles. The van der Waals surface area contributed by atoms with E-state index in [1.54, 1.807) is 6.07 Å². The molecule has 1 amide bonds. The van der Waals surface area contributed by atoms with E-state index in [2.05, 4.69) is 17.1 Å². The lowest BCUT2D eigenvalue weighted by Gasteiger charge is -2.28. The van der Waals surface area contributed by atoms with Crippen molar-refractivity contribution in [2.24, 2.45) is 0 Å². The fourth-order valence-corrected chi connectivity index (χ4v) is 2.49. The zero-order valence-corrected chi connectivity index (χ0v) is 11.3. The van der Waals surface area contributed by atoms with Crippen molar-refractivity contribution >= 4 is 40.5 Å². The van der Waals surface area contributed by atoms with E-state index in [1.165, 1.54) is 0 Å². The van der Waals surface area contributed by atoms with Crippen molar-refractivity contribution < 1.29 is 4.79 Å². The van der Waals surface area contributed by atoms with Crippen molar-refractivity contribution in [1.29, 1.82) is 0 Å². The molecule has 92 valence electrons. The van der Waals surface area contributed by atoms with Crippen LogP contribution in [-0.4, -0.2) is 18.5 Å². The van der Waals surface area contributed by atoms with Gasteiger partial charge >= 0.3 is 0 Å². The number of nitrogens with zero attached hydrogens (tertiary/aromatic N) is 1. The van der Waals surface area contributed by atoms with Gasteiger partial charge in [0, 0.05) is 19.0 Å². The average molecular weight is 273 g/mol. The Morgan fingerprint density at radius 3 is 2.71 bits per heavy atom. The molecule has 0 radical (unpaired) electrons. The minimum Gasteiger partial charge on any atom is -0.367 e. The van der Waals surface area contributed by atoms with Gasteiger partial charge in [-0.1, -0.05) is 23.2 Å². The van der Waals surface area contributed by atoms with Gasteiger partial charge in [0.25, 0.3) is 0 Å². The molecule has 17 heavy (non-hydrogen) atoms. The van der Waals surface area contributed by atoms with E-state index in [4.69, 9.17) is 23.2 Å². The van der Waals surface area contributed by atoms with E-state index in [0.717, 1.165) is 17.9 Å². The minimum atomic E-state index is 0.00749. The summed E-state index contributed by atoms with van der Waals surface area (Å²) < 4.78 is 0. The van der Waals surface area contributed by atoms with Gasteiger partial charge in [0.2, 0.25) is 5.91 Å². The number of fused-ring (bicyclic) bond motifs is 1. The van der Waals surface area contributed by atoms with Crippen molar-refractivity contribution in [2.45, 2.75) is 26.3 Å². The normalized spacial score (nSPS) is 19.6. The van der Waals surface area contributed by atoms with Crippen LogP contribution in [0.25, 0.3) is 0 Å². The Kier molecular flexibility index (Phi) is 3.50. The van der Waals surface area contributed by atoms with E-state index in [0.29, 0.717) is 16.5 Å². The second kappa shape index (κ2) is 4.75. The minimum absolute atomic E-state index is 0.00749. The molecule has 1 aromatic rings. The standard InChI is InChI=1S/C12H14Cl2N2O/c1-3-16-7(2)4-12(17)15-10-5-8(13)9(14)6-11(10)16/h5-7H,3-4H2,1-2H3,(H,15,17). The van der Waals surface area contributed by atoms with Gasteiger partial charge in [0.05, 0.1) is 21.4 Å². The highest BCUT2D eigenvalue weighted by Crippen LogP contribution is 2.37. The number of hydrogen-bond donors (Lipinski definition) is 1. The highest BCUT2D eigenvalue weighted by Gasteiger charge is 2.24. The van der Waals surface area contributed by atoms with Gasteiger partial charge in [0.15, 0.2) is 0 Å². The van der Waals surface area contributed by atoms with Crippen molar-refractivity contribution in [3.8, 4) is 0 Å². The van der Waals surface area contributed by atoms with Crippen LogP contribution in [0.5, 0.6) is 0 Å². The third-order valence-electron chi connectivity index (χ3n) is 2.98. The predicted octanol–water partition coefficient (Wildman–Crippen LogP) is 3.55. The van der Waals surface area contributed by atoms with E-state index in [9.17, 15) is 4.79 Å². The third kappa shape index (κ3) is 2.35. The second-order valence-corrected chi connectivity index (χ2v) is 4.99. The van der Waals surface area contributed by atoms with Crippen LogP contribution in [0.3, 0.4) is 0 Å². The molecule has 1 aliphatic heterocycles. The number of hydrogen-bond acceptors (Lipinski definition) is 2. The molecule has 0 fully saturated rings. The van der Waals surface area contributed by atoms with Crippen LogP contribution in [0.4, 0.5) is 11.4 Å². The molecule has 0 aliphatic carbocycles. The number of amides is 1. The lowest BCUT2D eigenvalue weighted by Crippen LogP contribution is -2.33. The van der Waals surface area contributed by atoms with Crippen LogP contribution in [0.2, 0.25) is 10.0 Å². The SMILES string of the molecule is CCN1c2cc(Cl)c(Cl)cc2NC(=O)CC1C. The molecule has 2 rings (SSSR count). The number of anilines is 2. The summed E-state index contributed by atoms with van der Waals surface area (Å²) in [6, 6.07) is 3.67. The molecule has 3 nitrogen and oxygen atoms in total. The Bertz CT molecular complexity index is 462. The summed E-state index contributed by atoms with van der Waals surface area (Å²) in [5.41, 5.74) is 1.66. The molecule has 0 saturated heterocycles. The quantitative estimate of drug-likeness (QED) is 0.848. The van der Waals surface area contributed by atoms with E-state index in [1.807, 2.05) is 13.0 Å². The second-order valence-electron chi connectivity index (χ2n) is 4.17. The Balaban J connectivity index is 2.55. The number of nitrogens with one attached hydrogen (secondary N) is 1. The lowest BCUT2D eigenvalue weighted by atomic mass is 10.2. The van der Waals surface area contributed by atoms with E-state index >= 15 is 0 Å². The Hall–Kier alpha value is -0.930. The predicted molar refractivity (Wildman–Crippen MR) is 72.2 cm³/mol. The fourth-order valence-electron chi connectivity index (χ4n) is 2.17. The Morgan fingerprint density at radius 1 is 1.41 bits per heavy atom. The van der Waals surface area contributed by atoms with Crippen LogP contribution in [0.1, 0.15) is 20.3 Å². The van der Waals surface area contributed by atoms with E-state index in [-0.39, 0.29) is 11.9 Å². The number of carbonyl (C=O) groups excluding carboxylic acids is 1. The first-order chi connectivity index (χ1) is 8.02. The van der Waals surface area contributed by atoms with Crippen LogP contribution < -0.4 is 10.2 Å². The van der Waals surface area contributed by atoms with Gasteiger partial charge in [-0.15, -0.1) is 0 Å². The molecule has 1 N–H and O–H groups in total. The first-order valence-corrected chi connectivity index (χ1v) is 6.34. The Labute approximate surface area is 111 Å². The summed E-state index contributed by atoms with van der Waals surface area (Å²) in [4.78, 5) is 13.8. The smallest absolute Gasteiger partial charge is 0.226 e. The molecular weight excluding hydrogens is 259 g/mol. The molecule has 0 bridgehead atoms. The molecule has 1 heterocycles. The van der Waals surface area contributed by atoms with Crippen molar-refractivity contribution in [1.82, 2.24) is 0 Å². The number of rotatable bonds is 1. The van der Waals surface area contributed by atoms with Crippen molar-refractivity contribution in [3.05, 3.63) is 22.2 Å². The number of benzene rings is 1. The third-order valence-corrected chi connectivity index (χ3v) is 3.70. The van der Waals surface area contributed by atoms with Crippen molar-refractivity contribution in [3.63, 3.8) is 0 Å². The zero-order valence-electron chi connectivity index (χ0n) is 9.76. The summed E-state index contributed by atoms with van der Waals surface area (Å²) in [6.07, 6.45) is 0.470. The highest BCUT2D eigenvalue weighted by molar-refractivity contribution is 6.42. The summed E-state index contributed by atoms with van der Waals surface area (Å²) in [6.45, 7) is 4.90. The van der Waals surface area contributed by atoms with Gasteiger partial charge < -0.3 is 10.2 Å². The maximum Gasteiger partial charge on any atom is 0.226 e. The number of carbonyl (C=O) groups is 1. The maximum atomic E-state index is 11.7. The first-order valence-electron chi connectivity index (χ1n) is 5.58. The largest absolute Gasteiger partial charge is 0.367 e. The molecule has 0 saturated carbocycles. The summed E-state index contributed by atoms with van der Waals surface area (Å²) in [7, 11) is 0. The summed E-state index contributed by atoms with van der Waals surface area (Å²) in [5, 5.41) is 3.82. The average Bonchev–Trinajstić information content (AvgIpc) is 2.35. The topological polar surface area (TPSA) is 32.3 Å². The van der Waals surface area contributed by atoms with Gasteiger partial charge in [-0.3, -0.25) is 4.79 Å². The lowest BCUT2D eigenvalue weighted by molar-refractivity contribution is -0.116. The van der Waals surface area contributed by atoms with Crippen LogP contribution in [0, 0.1) is 0 Å². The summed E-state index contributed by atoms with van der Waals surface area (Å²) in [5.74, 6) is 0.00749. The molecule has 1 unspecified atom stereocenters. The van der Waals surface area contributed by atoms with Crippen molar-refractivity contribution in [2.75, 3.05) is 16.8 Å². The number of halogens is 2. The van der Waals surface area contributed by atoms with E-state index < -0.39 is 0 Å². The van der Waals surface area contributed by atoms with Gasteiger partial charge in [-0.25, -0.2) is 0 Å². The molecule has 0 spiro atoms. The monoisotopic (exact) mass is 272 g/mol. The van der Waals surface area contributed by atoms with Gasteiger partial charge in [-0.2, -0.15) is 0 Å². The molecular formula is C12H14Cl2N2O. The first kappa shape index (κ1) is 12.5.